The van der Waals surface area contributed by atoms with Crippen LogP contribution in [0, 0.1) is 18.6 Å². The van der Waals surface area contributed by atoms with Gasteiger partial charge in [-0.05, 0) is 54.0 Å². The molecular weight excluding hydrogens is 546 g/mol. The minimum atomic E-state index is -2.74. The number of rotatable bonds is 9. The number of aromatic nitrogens is 3. The monoisotopic (exact) mass is 565 g/mol. The number of aliphatic imine (C=N–C) groups is 1. The normalized spacial score (nSPS) is 12.1. The summed E-state index contributed by atoms with van der Waals surface area (Å²) in [4.78, 5) is 31.8. The van der Waals surface area contributed by atoms with E-state index >= 15 is 0 Å². The van der Waals surface area contributed by atoms with Crippen LogP contribution in [0.5, 0.6) is 17.4 Å². The summed E-state index contributed by atoms with van der Waals surface area (Å²) >= 11 is 0. The van der Waals surface area contributed by atoms with Crippen molar-refractivity contribution in [2.24, 2.45) is 4.99 Å². The number of fused-ring (bicyclic) bond motifs is 1. The lowest BCUT2D eigenvalue weighted by molar-refractivity contribution is 0.0822. The van der Waals surface area contributed by atoms with Crippen molar-refractivity contribution in [2.45, 2.75) is 19.8 Å². The number of halogens is 4. The van der Waals surface area contributed by atoms with E-state index in [9.17, 15) is 27.2 Å². The molecule has 0 spiro atoms. The van der Waals surface area contributed by atoms with Gasteiger partial charge < -0.3 is 15.2 Å². The van der Waals surface area contributed by atoms with E-state index in [1.54, 1.807) is 13.0 Å². The maximum absolute atomic E-state index is 14.0. The Morgan fingerprint density at radius 3 is 2.63 bits per heavy atom. The van der Waals surface area contributed by atoms with E-state index in [-0.39, 0.29) is 35.1 Å². The first-order chi connectivity index (χ1) is 19.7. The first-order valence-corrected chi connectivity index (χ1v) is 12.0. The molecule has 0 aliphatic heterocycles. The van der Waals surface area contributed by atoms with Crippen LogP contribution in [0.25, 0.3) is 11.8 Å². The number of alkyl halides is 2. The SMILES string of the molecule is Cc1cc(Oc2c(F)cccc2F)ncc1-n1ncc(C(=O)C2=Cc3cc(OCC(F)F)c(N=C=O)cc3C2)c1N. The fourth-order valence-electron chi connectivity index (χ4n) is 4.29. The molecular formula is C28H19F4N5O4. The Morgan fingerprint density at radius 2 is 1.95 bits per heavy atom. The van der Waals surface area contributed by atoms with E-state index < -0.39 is 36.2 Å². The molecule has 0 amide bonds. The number of nitrogens with zero attached hydrogens (tertiary/aromatic N) is 4. The topological polar surface area (TPSA) is 122 Å². The van der Waals surface area contributed by atoms with Crippen molar-refractivity contribution < 1.29 is 36.6 Å². The van der Waals surface area contributed by atoms with Crippen LogP contribution >= 0.6 is 0 Å². The molecule has 1 aliphatic rings. The van der Waals surface area contributed by atoms with Crippen LogP contribution in [0.3, 0.4) is 0 Å². The van der Waals surface area contributed by atoms with Gasteiger partial charge in [0.1, 0.15) is 23.9 Å². The van der Waals surface area contributed by atoms with Crippen molar-refractivity contribution in [1.82, 2.24) is 14.8 Å². The standard InChI is InChI=1S/C28H19F4N5O4/c1-14-5-25(41-27-19(29)3-2-4-20(27)30)34-11-22(14)37-28(33)18(10-36-37)26(39)17-6-15-8-21(35-13-38)23(9-16(15)7-17)40-12-24(31)32/h2-5,7-11,24H,6,12,33H2,1H3. The largest absolute Gasteiger partial charge is 0.485 e. The molecule has 0 saturated carbocycles. The van der Waals surface area contributed by atoms with Crippen molar-refractivity contribution in [3.63, 3.8) is 0 Å². The lowest BCUT2D eigenvalue weighted by atomic mass is 10.0. The van der Waals surface area contributed by atoms with Crippen LogP contribution in [0.4, 0.5) is 29.1 Å². The molecule has 208 valence electrons. The summed E-state index contributed by atoms with van der Waals surface area (Å²) in [6.45, 7) is 0.778. The zero-order chi connectivity index (χ0) is 29.3. The lowest BCUT2D eigenvalue weighted by Gasteiger charge is -2.11. The predicted molar refractivity (Wildman–Crippen MR) is 139 cm³/mol. The summed E-state index contributed by atoms with van der Waals surface area (Å²) in [7, 11) is 0. The van der Waals surface area contributed by atoms with Gasteiger partial charge in [0.05, 0.1) is 23.6 Å². The summed E-state index contributed by atoms with van der Waals surface area (Å²) in [5, 5.41) is 4.22. The van der Waals surface area contributed by atoms with Gasteiger partial charge in [0.25, 0.3) is 6.43 Å². The average Bonchev–Trinajstić information content (AvgIpc) is 3.52. The molecule has 9 nitrogen and oxygen atoms in total. The quantitative estimate of drug-likeness (QED) is 0.120. The number of carbonyl (C=O) groups excluding carboxylic acids is 2. The number of hydrogen-bond acceptors (Lipinski definition) is 8. The summed E-state index contributed by atoms with van der Waals surface area (Å²) in [5.41, 5.74) is 8.82. The summed E-state index contributed by atoms with van der Waals surface area (Å²) in [6, 6.07) is 7.65. The van der Waals surface area contributed by atoms with Gasteiger partial charge in [0.15, 0.2) is 17.4 Å². The van der Waals surface area contributed by atoms with E-state index in [1.165, 1.54) is 47.4 Å². The first kappa shape index (κ1) is 27.3. The van der Waals surface area contributed by atoms with E-state index in [2.05, 4.69) is 15.1 Å². The smallest absolute Gasteiger partial charge is 0.272 e. The highest BCUT2D eigenvalue weighted by molar-refractivity contribution is 6.15. The third-order valence-corrected chi connectivity index (χ3v) is 6.22. The number of Topliss-reactive ketones (excluding diaryl/α,β-unsaturated/α-hetero) is 1. The molecule has 0 radical (unpaired) electrons. The van der Waals surface area contributed by atoms with Crippen LogP contribution in [-0.4, -0.2) is 39.7 Å². The van der Waals surface area contributed by atoms with Gasteiger partial charge in [0.2, 0.25) is 17.7 Å². The number of carbonyl (C=O) groups is 1. The second-order valence-corrected chi connectivity index (χ2v) is 8.92. The van der Waals surface area contributed by atoms with Gasteiger partial charge in [-0.1, -0.05) is 6.07 Å². The first-order valence-electron chi connectivity index (χ1n) is 12.0. The van der Waals surface area contributed by atoms with Crippen molar-refractivity contribution in [2.75, 3.05) is 12.3 Å². The number of isocyanates is 1. The molecule has 0 atom stereocenters. The molecule has 0 unspecified atom stereocenters. The summed E-state index contributed by atoms with van der Waals surface area (Å²) in [6.07, 6.45) is 2.98. The molecule has 0 bridgehead atoms. The van der Waals surface area contributed by atoms with Gasteiger partial charge in [-0.3, -0.25) is 4.79 Å². The van der Waals surface area contributed by atoms with Crippen LogP contribution in [0.15, 0.2) is 59.4 Å². The van der Waals surface area contributed by atoms with Crippen LogP contribution < -0.4 is 15.2 Å². The molecule has 2 N–H and O–H groups in total. The fraction of sp³-hybridized carbons (Fsp3) is 0.143. The molecule has 2 heterocycles. The number of nitrogens with two attached hydrogens (primary N) is 1. The number of nitrogen functional groups attached to an aromatic ring is 1. The highest BCUT2D eigenvalue weighted by Gasteiger charge is 2.26. The maximum Gasteiger partial charge on any atom is 0.272 e. The molecule has 13 heteroatoms. The minimum Gasteiger partial charge on any atom is -0.485 e. The van der Waals surface area contributed by atoms with E-state index in [1.807, 2.05) is 0 Å². The molecule has 0 saturated heterocycles. The molecule has 2 aromatic carbocycles. The van der Waals surface area contributed by atoms with E-state index in [0.717, 1.165) is 12.1 Å². The number of ketones is 1. The van der Waals surface area contributed by atoms with Gasteiger partial charge in [-0.15, -0.1) is 0 Å². The van der Waals surface area contributed by atoms with E-state index in [4.69, 9.17) is 15.2 Å². The fourth-order valence-corrected chi connectivity index (χ4v) is 4.29. The van der Waals surface area contributed by atoms with Crippen molar-refractivity contribution in [3.05, 3.63) is 88.3 Å². The Bertz CT molecular complexity index is 1740. The summed E-state index contributed by atoms with van der Waals surface area (Å²) < 4.78 is 64.8. The second-order valence-electron chi connectivity index (χ2n) is 8.92. The number of aryl methyl sites for hydroxylation is 1. The molecule has 5 rings (SSSR count). The Balaban J connectivity index is 1.39. The molecule has 4 aromatic rings. The maximum atomic E-state index is 14.0. The van der Waals surface area contributed by atoms with Crippen LogP contribution in [0.1, 0.15) is 27.0 Å². The van der Waals surface area contributed by atoms with Gasteiger partial charge in [0, 0.05) is 18.1 Å². The molecule has 2 aromatic heterocycles. The number of ether oxygens (including phenoxy) is 2. The predicted octanol–water partition coefficient (Wildman–Crippen LogP) is 5.66. The van der Waals surface area contributed by atoms with E-state index in [0.29, 0.717) is 28.0 Å². The number of anilines is 1. The third kappa shape index (κ3) is 5.43. The number of benzene rings is 2. The Morgan fingerprint density at radius 1 is 1.20 bits per heavy atom. The Hall–Kier alpha value is -5.29. The van der Waals surface area contributed by atoms with Gasteiger partial charge in [-0.25, -0.2) is 32.0 Å². The Kier molecular flexibility index (Phi) is 7.36. The summed E-state index contributed by atoms with van der Waals surface area (Å²) in [5.74, 6) is -2.90. The van der Waals surface area contributed by atoms with Gasteiger partial charge in [-0.2, -0.15) is 10.1 Å². The molecule has 1 aliphatic carbocycles. The lowest BCUT2D eigenvalue weighted by Crippen LogP contribution is -2.09. The van der Waals surface area contributed by atoms with Crippen molar-refractivity contribution in [3.8, 4) is 23.1 Å². The number of allylic oxidation sites excluding steroid dienone is 1. The second kappa shape index (κ2) is 11.1. The van der Waals surface area contributed by atoms with Crippen LogP contribution in [-0.2, 0) is 11.2 Å². The number of hydrogen-bond donors (Lipinski definition) is 1. The minimum absolute atomic E-state index is 0.0118. The molecule has 41 heavy (non-hydrogen) atoms. The molecule has 0 fully saturated rings. The Labute approximate surface area is 229 Å². The average molecular weight is 565 g/mol. The number of pyridine rings is 1. The van der Waals surface area contributed by atoms with Crippen LogP contribution in [0.2, 0.25) is 0 Å². The zero-order valence-corrected chi connectivity index (χ0v) is 21.2. The highest BCUT2D eigenvalue weighted by Crippen LogP contribution is 2.38. The van der Waals surface area contributed by atoms with Crippen molar-refractivity contribution >= 4 is 29.4 Å². The number of para-hydroxylation sites is 1. The highest BCUT2D eigenvalue weighted by atomic mass is 19.3. The third-order valence-electron chi connectivity index (χ3n) is 6.22. The van der Waals surface area contributed by atoms with Gasteiger partial charge >= 0.3 is 0 Å². The zero-order valence-electron chi connectivity index (χ0n) is 21.2. The van der Waals surface area contributed by atoms with Crippen molar-refractivity contribution in [1.29, 1.82) is 0 Å².